The van der Waals surface area contributed by atoms with Crippen LogP contribution in [0.1, 0.15) is 38.2 Å². The van der Waals surface area contributed by atoms with E-state index in [9.17, 15) is 0 Å². The summed E-state index contributed by atoms with van der Waals surface area (Å²) in [6, 6.07) is 3.86. The van der Waals surface area contributed by atoms with E-state index in [0.29, 0.717) is 10.6 Å². The van der Waals surface area contributed by atoms with Gasteiger partial charge in [0.15, 0.2) is 5.96 Å². The van der Waals surface area contributed by atoms with Gasteiger partial charge in [0.25, 0.3) is 0 Å². The van der Waals surface area contributed by atoms with Crippen LogP contribution in [0, 0.1) is 5.41 Å². The minimum absolute atomic E-state index is 0. The van der Waals surface area contributed by atoms with E-state index in [4.69, 9.17) is 16.6 Å². The Balaban J connectivity index is 0.00000192. The minimum atomic E-state index is 0. The van der Waals surface area contributed by atoms with Crippen LogP contribution in [-0.4, -0.2) is 42.0 Å². The summed E-state index contributed by atoms with van der Waals surface area (Å²) in [5, 5.41) is 3.99. The molecule has 1 aliphatic carbocycles. The molecule has 0 atom stereocenters. The second kappa shape index (κ2) is 8.51. The smallest absolute Gasteiger partial charge is 0.193 e. The zero-order valence-corrected chi connectivity index (χ0v) is 16.8. The lowest BCUT2D eigenvalue weighted by Crippen LogP contribution is -2.42. The van der Waals surface area contributed by atoms with E-state index in [1.807, 2.05) is 18.3 Å². The van der Waals surface area contributed by atoms with Crippen molar-refractivity contribution < 1.29 is 0 Å². The standard InChI is InChI=1S/C17H25ClN4.HI/c1-2-19-16(22-11-9-17(13-22)7-3-8-17)20-10-6-14-4-5-15(18)21-12-14;/h4-5,12H,2-3,6-11,13H2,1H3,(H,19,20);1H. The average Bonchev–Trinajstić information content (AvgIpc) is 2.94. The summed E-state index contributed by atoms with van der Waals surface area (Å²) in [6.45, 7) is 6.17. The summed E-state index contributed by atoms with van der Waals surface area (Å²) in [5.74, 6) is 1.08. The SMILES string of the molecule is CCNC(=NCCc1ccc(Cl)nc1)N1CCC2(CCC2)C1.I. The summed E-state index contributed by atoms with van der Waals surface area (Å²) in [4.78, 5) is 11.4. The van der Waals surface area contributed by atoms with Crippen LogP contribution in [0.3, 0.4) is 0 Å². The Morgan fingerprint density at radius 2 is 2.22 bits per heavy atom. The molecular formula is C17H26ClIN4. The van der Waals surface area contributed by atoms with Gasteiger partial charge in [-0.15, -0.1) is 24.0 Å². The Morgan fingerprint density at radius 3 is 2.78 bits per heavy atom. The lowest BCUT2D eigenvalue weighted by atomic mass is 9.68. The van der Waals surface area contributed by atoms with Crippen molar-refractivity contribution in [1.29, 1.82) is 0 Å². The number of aliphatic imine (C=N–C) groups is 1. The van der Waals surface area contributed by atoms with Crippen molar-refractivity contribution in [1.82, 2.24) is 15.2 Å². The normalized spacial score (nSPS) is 19.4. The van der Waals surface area contributed by atoms with Crippen molar-refractivity contribution in [3.63, 3.8) is 0 Å². The second-order valence-electron chi connectivity index (χ2n) is 6.50. The summed E-state index contributed by atoms with van der Waals surface area (Å²) >= 11 is 5.81. The lowest BCUT2D eigenvalue weighted by molar-refractivity contribution is 0.151. The number of pyridine rings is 1. The molecule has 128 valence electrons. The third-order valence-corrected chi connectivity index (χ3v) is 5.16. The predicted molar refractivity (Wildman–Crippen MR) is 107 cm³/mol. The molecule has 1 saturated carbocycles. The quantitative estimate of drug-likeness (QED) is 0.330. The zero-order chi connectivity index (χ0) is 15.4. The van der Waals surface area contributed by atoms with Crippen molar-refractivity contribution in [3.05, 3.63) is 29.0 Å². The molecule has 6 heteroatoms. The first-order valence-electron chi connectivity index (χ1n) is 8.34. The molecule has 23 heavy (non-hydrogen) atoms. The molecule has 2 aliphatic rings. The maximum Gasteiger partial charge on any atom is 0.193 e. The molecule has 1 aliphatic heterocycles. The fourth-order valence-electron chi connectivity index (χ4n) is 3.47. The molecule has 0 bridgehead atoms. The lowest BCUT2D eigenvalue weighted by Gasteiger charge is -2.38. The molecule has 1 saturated heterocycles. The van der Waals surface area contributed by atoms with Crippen LogP contribution < -0.4 is 5.32 Å². The second-order valence-corrected chi connectivity index (χ2v) is 6.89. The molecular weight excluding hydrogens is 423 g/mol. The number of hydrogen-bond donors (Lipinski definition) is 1. The first-order valence-corrected chi connectivity index (χ1v) is 8.72. The summed E-state index contributed by atoms with van der Waals surface area (Å²) in [6.07, 6.45) is 8.28. The zero-order valence-electron chi connectivity index (χ0n) is 13.7. The number of rotatable bonds is 4. The van der Waals surface area contributed by atoms with Gasteiger partial charge in [-0.1, -0.05) is 24.1 Å². The maximum absolute atomic E-state index is 5.81. The molecule has 4 nitrogen and oxygen atoms in total. The largest absolute Gasteiger partial charge is 0.357 e. The predicted octanol–water partition coefficient (Wildman–Crippen LogP) is 3.74. The van der Waals surface area contributed by atoms with Crippen LogP contribution >= 0.6 is 35.6 Å². The van der Waals surface area contributed by atoms with E-state index in [-0.39, 0.29) is 24.0 Å². The highest BCUT2D eigenvalue weighted by Crippen LogP contribution is 2.47. The van der Waals surface area contributed by atoms with Crippen molar-refractivity contribution in [3.8, 4) is 0 Å². The van der Waals surface area contributed by atoms with Gasteiger partial charge in [0.05, 0.1) is 0 Å². The molecule has 1 N–H and O–H groups in total. The molecule has 1 spiro atoms. The van der Waals surface area contributed by atoms with E-state index < -0.39 is 0 Å². The molecule has 0 unspecified atom stereocenters. The van der Waals surface area contributed by atoms with Gasteiger partial charge in [-0.05, 0) is 49.7 Å². The number of hydrogen-bond acceptors (Lipinski definition) is 2. The van der Waals surface area contributed by atoms with Crippen molar-refractivity contribution in [2.75, 3.05) is 26.2 Å². The number of aromatic nitrogens is 1. The fourth-order valence-corrected chi connectivity index (χ4v) is 3.58. The first-order chi connectivity index (χ1) is 10.7. The van der Waals surface area contributed by atoms with Gasteiger partial charge in [0.1, 0.15) is 5.15 Å². The van der Waals surface area contributed by atoms with Crippen molar-refractivity contribution >= 4 is 41.5 Å². The number of halogens is 2. The Bertz CT molecular complexity index is 528. The molecule has 0 aromatic carbocycles. The highest BCUT2D eigenvalue weighted by atomic mass is 127. The Kier molecular flexibility index (Phi) is 6.95. The highest BCUT2D eigenvalue weighted by molar-refractivity contribution is 14.0. The first kappa shape index (κ1) is 18.8. The molecule has 0 radical (unpaired) electrons. The fraction of sp³-hybridized carbons (Fsp3) is 0.647. The Morgan fingerprint density at radius 1 is 1.39 bits per heavy atom. The Labute approximate surface area is 161 Å². The summed E-state index contributed by atoms with van der Waals surface area (Å²) in [5.41, 5.74) is 1.79. The molecule has 2 fully saturated rings. The van der Waals surface area contributed by atoms with Crippen LogP contribution in [0.4, 0.5) is 0 Å². The minimum Gasteiger partial charge on any atom is -0.357 e. The third-order valence-electron chi connectivity index (χ3n) is 4.94. The van der Waals surface area contributed by atoms with Crippen LogP contribution in [0.5, 0.6) is 0 Å². The molecule has 0 amide bonds. The molecule has 3 rings (SSSR count). The molecule has 1 aromatic heterocycles. The number of guanidine groups is 1. The van der Waals surface area contributed by atoms with Crippen LogP contribution in [0.25, 0.3) is 0 Å². The van der Waals surface area contributed by atoms with Gasteiger partial charge < -0.3 is 10.2 Å². The van der Waals surface area contributed by atoms with Gasteiger partial charge >= 0.3 is 0 Å². The van der Waals surface area contributed by atoms with Gasteiger partial charge in [-0.3, -0.25) is 4.99 Å². The molecule has 2 heterocycles. The number of nitrogens with one attached hydrogen (secondary N) is 1. The van der Waals surface area contributed by atoms with Gasteiger partial charge in [-0.25, -0.2) is 4.98 Å². The monoisotopic (exact) mass is 448 g/mol. The van der Waals surface area contributed by atoms with E-state index in [0.717, 1.165) is 32.0 Å². The van der Waals surface area contributed by atoms with Gasteiger partial charge in [-0.2, -0.15) is 0 Å². The van der Waals surface area contributed by atoms with Crippen molar-refractivity contribution in [2.24, 2.45) is 10.4 Å². The van der Waals surface area contributed by atoms with Crippen LogP contribution in [0.15, 0.2) is 23.3 Å². The van der Waals surface area contributed by atoms with E-state index in [1.165, 1.54) is 37.8 Å². The van der Waals surface area contributed by atoms with Gasteiger partial charge in [0.2, 0.25) is 0 Å². The highest BCUT2D eigenvalue weighted by Gasteiger charge is 2.43. The average molecular weight is 449 g/mol. The summed E-state index contributed by atoms with van der Waals surface area (Å²) < 4.78 is 0. The van der Waals surface area contributed by atoms with Crippen molar-refractivity contribution in [2.45, 2.75) is 39.0 Å². The topological polar surface area (TPSA) is 40.5 Å². The van der Waals surface area contributed by atoms with Crippen LogP contribution in [0.2, 0.25) is 5.15 Å². The molecule has 1 aromatic rings. The van der Waals surface area contributed by atoms with Gasteiger partial charge in [0, 0.05) is 32.4 Å². The Hall–Kier alpha value is -0.560. The number of nitrogens with zero attached hydrogens (tertiary/aromatic N) is 3. The van der Waals surface area contributed by atoms with E-state index in [1.54, 1.807) is 0 Å². The third kappa shape index (κ3) is 4.72. The van der Waals surface area contributed by atoms with E-state index >= 15 is 0 Å². The van der Waals surface area contributed by atoms with E-state index in [2.05, 4.69) is 22.1 Å². The number of likely N-dealkylation sites (tertiary alicyclic amines) is 1. The summed E-state index contributed by atoms with van der Waals surface area (Å²) in [7, 11) is 0. The van der Waals surface area contributed by atoms with Crippen LogP contribution in [-0.2, 0) is 6.42 Å². The maximum atomic E-state index is 5.81.